The van der Waals surface area contributed by atoms with E-state index in [9.17, 15) is 0 Å². The summed E-state index contributed by atoms with van der Waals surface area (Å²) in [6, 6.07) is 49.1. The molecule has 1 nitrogen and oxygen atoms in total. The Morgan fingerprint density at radius 3 is 1.21 bits per heavy atom. The van der Waals surface area contributed by atoms with Gasteiger partial charge in [-0.25, -0.2) is 0 Å². The van der Waals surface area contributed by atoms with Crippen LogP contribution in [0.15, 0.2) is 133 Å². The highest BCUT2D eigenvalue weighted by Gasteiger charge is 2.51. The Morgan fingerprint density at radius 2 is 0.732 bits per heavy atom. The smallest absolute Gasteiger partial charge is 0.193 e. The number of benzene rings is 6. The fourth-order valence-electron chi connectivity index (χ4n) is 11.1. The highest BCUT2D eigenvalue weighted by atomic mass is 16.1. The lowest BCUT2D eigenvalue weighted by atomic mass is 9.70. The molecule has 56 heavy (non-hydrogen) atoms. The number of hydrogen-bond donors (Lipinski definition) is 0. The van der Waals surface area contributed by atoms with Crippen LogP contribution in [0.3, 0.4) is 0 Å². The van der Waals surface area contributed by atoms with Crippen LogP contribution in [0.4, 0.5) is 0 Å². The van der Waals surface area contributed by atoms with E-state index in [-0.39, 0.29) is 11.2 Å². The maximum atomic E-state index is 15.0. The molecule has 1 spiro atoms. The second-order valence-corrected chi connectivity index (χ2v) is 16.9. The van der Waals surface area contributed by atoms with Crippen molar-refractivity contribution in [2.75, 3.05) is 0 Å². The van der Waals surface area contributed by atoms with Crippen molar-refractivity contribution in [2.24, 2.45) is 0 Å². The molecule has 0 fully saturated rings. The molecule has 0 N–H and O–H groups in total. The van der Waals surface area contributed by atoms with Crippen LogP contribution in [0.1, 0.15) is 153 Å². The summed E-state index contributed by atoms with van der Waals surface area (Å²) >= 11 is 0. The summed E-state index contributed by atoms with van der Waals surface area (Å²) in [5.74, 6) is 0.116. The van der Waals surface area contributed by atoms with Gasteiger partial charge in [-0.05, 0) is 91.7 Å². The molecule has 6 aromatic rings. The number of unbranched alkanes of at least 4 members (excludes halogenated alkanes) is 10. The Kier molecular flexibility index (Phi) is 10.1. The Hall–Kier alpha value is -5.01. The van der Waals surface area contributed by atoms with Crippen molar-refractivity contribution >= 4 is 5.78 Å². The molecule has 0 saturated carbocycles. The summed E-state index contributed by atoms with van der Waals surface area (Å²) in [6.45, 7) is 4.60. The third-order valence-electron chi connectivity index (χ3n) is 13.7. The van der Waals surface area contributed by atoms with Gasteiger partial charge in [0.1, 0.15) is 0 Å². The molecular weight excluding hydrogens is 677 g/mol. The zero-order valence-electron chi connectivity index (χ0n) is 33.5. The van der Waals surface area contributed by atoms with Gasteiger partial charge >= 0.3 is 0 Å². The first-order chi connectivity index (χ1) is 27.6. The number of fused-ring (bicyclic) bond motifs is 13. The van der Waals surface area contributed by atoms with Crippen molar-refractivity contribution in [1.82, 2.24) is 0 Å². The van der Waals surface area contributed by atoms with E-state index in [0.717, 1.165) is 24.0 Å². The van der Waals surface area contributed by atoms with E-state index >= 15 is 4.79 Å². The summed E-state index contributed by atoms with van der Waals surface area (Å²) in [7, 11) is 0. The zero-order valence-corrected chi connectivity index (χ0v) is 33.5. The molecule has 9 rings (SSSR count). The number of hydrogen-bond acceptors (Lipinski definition) is 1. The monoisotopic (exact) mass is 732 g/mol. The average molecular weight is 733 g/mol. The van der Waals surface area contributed by atoms with Gasteiger partial charge in [-0.3, -0.25) is 4.79 Å². The van der Waals surface area contributed by atoms with E-state index in [1.807, 2.05) is 0 Å². The Bertz CT molecular complexity index is 2310. The fraction of sp³-hybridized carbons (Fsp3) is 0.327. The van der Waals surface area contributed by atoms with Gasteiger partial charge in [-0.15, -0.1) is 0 Å². The lowest BCUT2D eigenvalue weighted by molar-refractivity contribution is 0.103. The molecule has 0 aromatic heterocycles. The second kappa shape index (κ2) is 15.5. The molecule has 3 aliphatic carbocycles. The van der Waals surface area contributed by atoms with Crippen molar-refractivity contribution in [1.29, 1.82) is 0 Å². The standard InChI is InChI=1S/C55H56O/c1-3-5-7-9-11-21-35-54(36-22-12-10-8-6-4-2)47-27-17-13-23-41(47)45-33-31-39(37-51(45)54)53(56)40-32-34-46-44-26-16-20-30-50(44)55(52(46)38-40)48-28-18-14-24-42(48)43-25-15-19-29-49(43)55/h13-20,23-34,37-38H,3-12,21-22,35-36H2,1-2H3. The largest absolute Gasteiger partial charge is 0.289 e. The van der Waals surface area contributed by atoms with Crippen molar-refractivity contribution in [3.8, 4) is 33.4 Å². The normalized spacial score (nSPS) is 14.5. The van der Waals surface area contributed by atoms with Crippen LogP contribution in [0, 0.1) is 0 Å². The van der Waals surface area contributed by atoms with Gasteiger partial charge in [-0.1, -0.05) is 212 Å². The highest BCUT2D eigenvalue weighted by Crippen LogP contribution is 2.63. The van der Waals surface area contributed by atoms with Gasteiger partial charge in [0, 0.05) is 16.5 Å². The van der Waals surface area contributed by atoms with E-state index in [1.165, 1.54) is 144 Å². The highest BCUT2D eigenvalue weighted by molar-refractivity contribution is 6.10. The summed E-state index contributed by atoms with van der Waals surface area (Å²) in [5.41, 5.74) is 16.8. The SMILES string of the molecule is CCCCCCCCC1(CCCCCCCC)c2ccccc2-c2ccc(C(=O)c3ccc4c(c3)C3(c5ccccc5-c5ccccc53)c3ccccc3-4)cc21. The zero-order chi connectivity index (χ0) is 38.1. The van der Waals surface area contributed by atoms with Gasteiger partial charge in [0.05, 0.1) is 5.41 Å². The minimum Gasteiger partial charge on any atom is -0.289 e. The fourth-order valence-corrected chi connectivity index (χ4v) is 11.1. The minimum atomic E-state index is -0.460. The van der Waals surface area contributed by atoms with E-state index in [1.54, 1.807) is 0 Å². The minimum absolute atomic E-state index is 0.0569. The maximum absolute atomic E-state index is 15.0. The topological polar surface area (TPSA) is 17.1 Å². The van der Waals surface area contributed by atoms with Crippen molar-refractivity contribution in [2.45, 2.75) is 115 Å². The number of rotatable bonds is 16. The molecule has 0 radical (unpaired) electrons. The predicted molar refractivity (Wildman–Crippen MR) is 235 cm³/mol. The molecule has 0 heterocycles. The van der Waals surface area contributed by atoms with E-state index in [2.05, 4.69) is 147 Å². The average Bonchev–Trinajstić information content (AvgIpc) is 3.82. The summed E-state index contributed by atoms with van der Waals surface area (Å²) in [4.78, 5) is 15.0. The van der Waals surface area contributed by atoms with Gasteiger partial charge in [0.2, 0.25) is 0 Å². The molecule has 0 amide bonds. The van der Waals surface area contributed by atoms with Crippen LogP contribution in [-0.2, 0) is 10.8 Å². The van der Waals surface area contributed by atoms with Crippen LogP contribution in [-0.4, -0.2) is 5.78 Å². The van der Waals surface area contributed by atoms with Crippen LogP contribution in [0.2, 0.25) is 0 Å². The van der Waals surface area contributed by atoms with Crippen molar-refractivity contribution < 1.29 is 4.79 Å². The summed E-state index contributed by atoms with van der Waals surface area (Å²) in [6.07, 6.45) is 17.8. The molecule has 1 heteroatoms. The van der Waals surface area contributed by atoms with Gasteiger partial charge in [0.15, 0.2) is 5.78 Å². The Labute approximate surface area is 335 Å². The maximum Gasteiger partial charge on any atom is 0.193 e. The molecule has 0 unspecified atom stereocenters. The molecule has 6 aromatic carbocycles. The molecular formula is C55H56O. The van der Waals surface area contributed by atoms with Gasteiger partial charge < -0.3 is 0 Å². The first kappa shape index (κ1) is 36.6. The number of ketones is 1. The second-order valence-electron chi connectivity index (χ2n) is 16.9. The molecule has 0 atom stereocenters. The van der Waals surface area contributed by atoms with Crippen LogP contribution in [0.25, 0.3) is 33.4 Å². The van der Waals surface area contributed by atoms with Crippen LogP contribution >= 0.6 is 0 Å². The lowest BCUT2D eigenvalue weighted by Gasteiger charge is -2.33. The molecule has 0 aliphatic heterocycles. The number of carbonyl (C=O) groups excluding carboxylic acids is 1. The Morgan fingerprint density at radius 1 is 0.375 bits per heavy atom. The van der Waals surface area contributed by atoms with Crippen molar-refractivity contribution in [3.63, 3.8) is 0 Å². The predicted octanol–water partition coefficient (Wildman–Crippen LogP) is 15.0. The lowest BCUT2D eigenvalue weighted by Crippen LogP contribution is -2.26. The molecule has 0 saturated heterocycles. The van der Waals surface area contributed by atoms with Crippen LogP contribution < -0.4 is 0 Å². The third kappa shape index (κ3) is 5.84. The first-order valence-electron chi connectivity index (χ1n) is 21.9. The number of carbonyl (C=O) groups is 1. The quantitative estimate of drug-likeness (QED) is 0.0714. The summed E-state index contributed by atoms with van der Waals surface area (Å²) in [5, 5.41) is 0. The van der Waals surface area contributed by atoms with E-state index in [4.69, 9.17) is 0 Å². The summed E-state index contributed by atoms with van der Waals surface area (Å²) < 4.78 is 0. The van der Waals surface area contributed by atoms with Crippen LogP contribution in [0.5, 0.6) is 0 Å². The van der Waals surface area contributed by atoms with Gasteiger partial charge in [0.25, 0.3) is 0 Å². The molecule has 3 aliphatic rings. The van der Waals surface area contributed by atoms with Gasteiger partial charge in [-0.2, -0.15) is 0 Å². The van der Waals surface area contributed by atoms with E-state index in [0.29, 0.717) is 0 Å². The molecule has 0 bridgehead atoms. The Balaban J connectivity index is 1.12. The van der Waals surface area contributed by atoms with E-state index < -0.39 is 5.41 Å². The molecule has 282 valence electrons. The van der Waals surface area contributed by atoms with Crippen molar-refractivity contribution in [3.05, 3.63) is 178 Å². The third-order valence-corrected chi connectivity index (χ3v) is 13.7. The first-order valence-corrected chi connectivity index (χ1v) is 21.9.